The van der Waals surface area contributed by atoms with E-state index in [4.69, 9.17) is 4.74 Å². The maximum Gasteiger partial charge on any atom is 0.239 e. The number of halogens is 2. The van der Waals surface area contributed by atoms with Crippen molar-refractivity contribution in [1.29, 1.82) is 0 Å². The molecule has 1 heterocycles. The molecule has 1 aromatic rings. The summed E-state index contributed by atoms with van der Waals surface area (Å²) >= 11 is 0. The molecular weight excluding hydrogens is 272 g/mol. The zero-order valence-corrected chi connectivity index (χ0v) is 12.9. The smallest absolute Gasteiger partial charge is 0.239 e. The van der Waals surface area contributed by atoms with Gasteiger partial charge in [0.2, 0.25) is 6.43 Å². The number of rotatable bonds is 6. The lowest BCUT2D eigenvalue weighted by atomic mass is 10.0. The minimum Gasteiger partial charge on any atom is -0.489 e. The maximum atomic E-state index is 12.3. The first-order valence-electron chi connectivity index (χ1n) is 7.81. The first kappa shape index (κ1) is 16.2. The molecule has 2 nitrogen and oxygen atoms in total. The van der Waals surface area contributed by atoms with Gasteiger partial charge in [0, 0.05) is 19.5 Å². The normalized spacial score (nSPS) is 20.2. The molecule has 0 amide bonds. The van der Waals surface area contributed by atoms with Crippen molar-refractivity contribution in [3.8, 4) is 5.75 Å². The van der Waals surface area contributed by atoms with Crippen molar-refractivity contribution in [2.45, 2.75) is 51.6 Å². The third kappa shape index (κ3) is 5.27. The lowest BCUT2D eigenvalue weighted by Crippen LogP contribution is -2.41. The predicted molar refractivity (Wildman–Crippen MR) is 81.2 cm³/mol. The van der Waals surface area contributed by atoms with E-state index in [1.54, 1.807) is 0 Å². The van der Waals surface area contributed by atoms with E-state index in [9.17, 15) is 8.78 Å². The highest BCUT2D eigenvalue weighted by Gasteiger charge is 2.21. The fourth-order valence-electron chi connectivity index (χ4n) is 2.72. The van der Waals surface area contributed by atoms with Crippen LogP contribution in [0.4, 0.5) is 8.78 Å². The second-order valence-electron chi connectivity index (χ2n) is 6.09. The van der Waals surface area contributed by atoms with E-state index in [1.165, 1.54) is 5.56 Å². The summed E-state index contributed by atoms with van der Waals surface area (Å²) in [6.07, 6.45) is -0.138. The monoisotopic (exact) mass is 297 g/mol. The Morgan fingerprint density at radius 2 is 1.95 bits per heavy atom. The third-order valence-corrected chi connectivity index (χ3v) is 3.98. The molecule has 0 unspecified atom stereocenters. The minimum atomic E-state index is -2.21. The van der Waals surface area contributed by atoms with Crippen LogP contribution in [-0.4, -0.2) is 37.1 Å². The SMILES string of the molecule is CC(C)c1ccc(O[C@H]2CCCN(CCC(F)F)C2)cc1. The van der Waals surface area contributed by atoms with Gasteiger partial charge in [0.25, 0.3) is 0 Å². The largest absolute Gasteiger partial charge is 0.489 e. The van der Waals surface area contributed by atoms with Gasteiger partial charge in [0.05, 0.1) is 0 Å². The topological polar surface area (TPSA) is 12.5 Å². The van der Waals surface area contributed by atoms with Crippen molar-refractivity contribution < 1.29 is 13.5 Å². The van der Waals surface area contributed by atoms with Crippen molar-refractivity contribution in [2.24, 2.45) is 0 Å². The Morgan fingerprint density at radius 3 is 2.57 bits per heavy atom. The molecule has 1 aromatic carbocycles. The van der Waals surface area contributed by atoms with Crippen LogP contribution in [0.25, 0.3) is 0 Å². The Labute approximate surface area is 126 Å². The van der Waals surface area contributed by atoms with Gasteiger partial charge < -0.3 is 4.74 Å². The quantitative estimate of drug-likeness (QED) is 0.776. The minimum absolute atomic E-state index is 0.0458. The highest BCUT2D eigenvalue weighted by Crippen LogP contribution is 2.22. The zero-order valence-electron chi connectivity index (χ0n) is 12.9. The molecule has 0 bridgehead atoms. The van der Waals surface area contributed by atoms with Crippen LogP contribution in [0.2, 0.25) is 0 Å². The van der Waals surface area contributed by atoms with Gasteiger partial charge >= 0.3 is 0 Å². The average molecular weight is 297 g/mol. The summed E-state index contributed by atoms with van der Waals surface area (Å²) in [5, 5.41) is 0. The van der Waals surface area contributed by atoms with Gasteiger partial charge in [0.15, 0.2) is 0 Å². The Morgan fingerprint density at radius 1 is 1.24 bits per heavy atom. The Hall–Kier alpha value is -1.16. The first-order chi connectivity index (χ1) is 10.0. The van der Waals surface area contributed by atoms with Crippen molar-refractivity contribution in [3.63, 3.8) is 0 Å². The van der Waals surface area contributed by atoms with Gasteiger partial charge in [-0.2, -0.15) is 0 Å². The highest BCUT2D eigenvalue weighted by molar-refractivity contribution is 5.29. The molecule has 1 aliphatic heterocycles. The molecule has 21 heavy (non-hydrogen) atoms. The van der Waals surface area contributed by atoms with Gasteiger partial charge in [-0.05, 0) is 43.0 Å². The summed E-state index contributed by atoms with van der Waals surface area (Å²) in [5.41, 5.74) is 1.30. The fraction of sp³-hybridized carbons (Fsp3) is 0.647. The van der Waals surface area contributed by atoms with Gasteiger partial charge in [0.1, 0.15) is 11.9 Å². The summed E-state index contributed by atoms with van der Waals surface area (Å²) < 4.78 is 30.6. The van der Waals surface area contributed by atoms with E-state index in [0.29, 0.717) is 12.5 Å². The summed E-state index contributed by atoms with van der Waals surface area (Å²) in [7, 11) is 0. The number of piperidine rings is 1. The molecule has 0 aliphatic carbocycles. The summed E-state index contributed by atoms with van der Waals surface area (Å²) in [6.45, 7) is 6.44. The van der Waals surface area contributed by atoms with Crippen LogP contribution in [0.5, 0.6) is 5.75 Å². The molecular formula is C17H25F2NO. The van der Waals surface area contributed by atoms with Gasteiger partial charge in [-0.1, -0.05) is 26.0 Å². The van der Waals surface area contributed by atoms with E-state index >= 15 is 0 Å². The Bertz CT molecular complexity index is 419. The predicted octanol–water partition coefficient (Wildman–Crippen LogP) is 4.31. The van der Waals surface area contributed by atoms with Gasteiger partial charge in [-0.3, -0.25) is 4.90 Å². The van der Waals surface area contributed by atoms with E-state index in [-0.39, 0.29) is 12.5 Å². The number of hydrogen-bond acceptors (Lipinski definition) is 2. The van der Waals surface area contributed by atoms with Crippen molar-refractivity contribution >= 4 is 0 Å². The molecule has 118 valence electrons. The first-order valence-corrected chi connectivity index (χ1v) is 7.81. The molecule has 0 N–H and O–H groups in total. The summed E-state index contributed by atoms with van der Waals surface area (Å²) in [5.74, 6) is 1.39. The molecule has 4 heteroatoms. The molecule has 1 fully saturated rings. The lowest BCUT2D eigenvalue weighted by Gasteiger charge is -2.32. The molecule has 0 spiro atoms. The number of benzene rings is 1. The molecule has 1 atom stereocenters. The lowest BCUT2D eigenvalue weighted by molar-refractivity contribution is 0.0661. The van der Waals surface area contributed by atoms with E-state index in [1.807, 2.05) is 12.1 Å². The molecule has 0 radical (unpaired) electrons. The fourth-order valence-corrected chi connectivity index (χ4v) is 2.72. The van der Waals surface area contributed by atoms with Crippen LogP contribution >= 0.6 is 0 Å². The highest BCUT2D eigenvalue weighted by atomic mass is 19.3. The standard InChI is InChI=1S/C17H25F2NO/c1-13(2)14-5-7-15(8-6-14)21-16-4-3-10-20(12-16)11-9-17(18)19/h5-8,13,16-17H,3-4,9-12H2,1-2H3/t16-/m0/s1. The van der Waals surface area contributed by atoms with E-state index in [0.717, 1.165) is 31.7 Å². The van der Waals surface area contributed by atoms with E-state index in [2.05, 4.69) is 30.9 Å². The van der Waals surface area contributed by atoms with E-state index < -0.39 is 6.43 Å². The molecule has 2 rings (SSSR count). The maximum absolute atomic E-state index is 12.3. The number of ether oxygens (including phenoxy) is 1. The number of likely N-dealkylation sites (tertiary alicyclic amines) is 1. The molecule has 0 aromatic heterocycles. The van der Waals surface area contributed by atoms with Crippen molar-refractivity contribution in [1.82, 2.24) is 4.90 Å². The van der Waals surface area contributed by atoms with Crippen LogP contribution in [-0.2, 0) is 0 Å². The number of alkyl halides is 2. The summed E-state index contributed by atoms with van der Waals surface area (Å²) in [4.78, 5) is 2.09. The molecule has 0 saturated carbocycles. The Balaban J connectivity index is 1.84. The summed E-state index contributed by atoms with van der Waals surface area (Å²) in [6, 6.07) is 8.20. The third-order valence-electron chi connectivity index (χ3n) is 3.98. The Kier molecular flexibility index (Phi) is 5.97. The van der Waals surface area contributed by atoms with Crippen LogP contribution in [0.3, 0.4) is 0 Å². The van der Waals surface area contributed by atoms with Crippen LogP contribution in [0.15, 0.2) is 24.3 Å². The van der Waals surface area contributed by atoms with Crippen LogP contribution < -0.4 is 4.74 Å². The van der Waals surface area contributed by atoms with Crippen LogP contribution in [0.1, 0.15) is 44.6 Å². The zero-order chi connectivity index (χ0) is 15.2. The van der Waals surface area contributed by atoms with Crippen molar-refractivity contribution in [2.75, 3.05) is 19.6 Å². The van der Waals surface area contributed by atoms with Crippen LogP contribution in [0, 0.1) is 0 Å². The second kappa shape index (κ2) is 7.74. The number of nitrogens with zero attached hydrogens (tertiary/aromatic N) is 1. The number of hydrogen-bond donors (Lipinski definition) is 0. The molecule has 1 aliphatic rings. The van der Waals surface area contributed by atoms with Gasteiger partial charge in [-0.15, -0.1) is 0 Å². The van der Waals surface area contributed by atoms with Crippen molar-refractivity contribution in [3.05, 3.63) is 29.8 Å². The average Bonchev–Trinajstić information content (AvgIpc) is 2.46. The second-order valence-corrected chi connectivity index (χ2v) is 6.09. The van der Waals surface area contributed by atoms with Gasteiger partial charge in [-0.25, -0.2) is 8.78 Å². The molecule has 1 saturated heterocycles.